The first-order valence-electron chi connectivity index (χ1n) is 9.00. The number of rotatable bonds is 3. The van der Waals surface area contributed by atoms with Crippen molar-refractivity contribution in [1.29, 1.82) is 0 Å². The van der Waals surface area contributed by atoms with Crippen molar-refractivity contribution in [1.82, 2.24) is 15.0 Å². The predicted octanol–water partition coefficient (Wildman–Crippen LogP) is 4.43. The lowest BCUT2D eigenvalue weighted by Gasteiger charge is -2.31. The van der Waals surface area contributed by atoms with Gasteiger partial charge in [-0.2, -0.15) is 4.98 Å². The van der Waals surface area contributed by atoms with Crippen LogP contribution in [0.2, 0.25) is 0 Å². The van der Waals surface area contributed by atoms with Gasteiger partial charge in [0.05, 0.1) is 11.6 Å². The first-order chi connectivity index (χ1) is 13.6. The summed E-state index contributed by atoms with van der Waals surface area (Å²) in [7, 11) is 0. The Morgan fingerprint density at radius 3 is 2.79 bits per heavy atom. The lowest BCUT2D eigenvalue weighted by molar-refractivity contribution is 0.184. The van der Waals surface area contributed by atoms with Crippen molar-refractivity contribution in [2.75, 3.05) is 18.4 Å². The SMILES string of the molecule is O=C(Nc1ccc(F)cc1F)N1CCCC(c2nc(-c3ccccc3)no2)C1. The summed E-state index contributed by atoms with van der Waals surface area (Å²) in [4.78, 5) is 18.5. The molecule has 8 heteroatoms. The van der Waals surface area contributed by atoms with Crippen LogP contribution >= 0.6 is 0 Å². The highest BCUT2D eigenvalue weighted by atomic mass is 19.1. The molecular weight excluding hydrogens is 366 g/mol. The molecule has 2 heterocycles. The van der Waals surface area contributed by atoms with Gasteiger partial charge in [0.15, 0.2) is 0 Å². The topological polar surface area (TPSA) is 71.3 Å². The molecule has 0 saturated carbocycles. The Morgan fingerprint density at radius 1 is 1.18 bits per heavy atom. The van der Waals surface area contributed by atoms with E-state index in [1.54, 1.807) is 4.90 Å². The summed E-state index contributed by atoms with van der Waals surface area (Å²) in [6.45, 7) is 0.913. The quantitative estimate of drug-likeness (QED) is 0.725. The van der Waals surface area contributed by atoms with Crippen LogP contribution in [0.1, 0.15) is 24.7 Å². The van der Waals surface area contributed by atoms with Crippen molar-refractivity contribution >= 4 is 11.7 Å². The fraction of sp³-hybridized carbons (Fsp3) is 0.250. The third-order valence-corrected chi connectivity index (χ3v) is 4.70. The monoisotopic (exact) mass is 384 g/mol. The van der Waals surface area contributed by atoms with Crippen molar-refractivity contribution in [2.24, 2.45) is 0 Å². The Balaban J connectivity index is 1.44. The maximum Gasteiger partial charge on any atom is 0.321 e. The van der Waals surface area contributed by atoms with Gasteiger partial charge in [0.25, 0.3) is 0 Å². The van der Waals surface area contributed by atoms with Crippen molar-refractivity contribution in [3.8, 4) is 11.4 Å². The molecule has 1 aromatic heterocycles. The van der Waals surface area contributed by atoms with E-state index in [1.165, 1.54) is 6.07 Å². The summed E-state index contributed by atoms with van der Waals surface area (Å²) in [5, 5.41) is 6.52. The normalized spacial score (nSPS) is 16.8. The number of nitrogens with zero attached hydrogens (tertiary/aromatic N) is 3. The number of aromatic nitrogens is 2. The first kappa shape index (κ1) is 18.1. The molecule has 0 spiro atoms. The Morgan fingerprint density at radius 2 is 2.00 bits per heavy atom. The fourth-order valence-electron chi connectivity index (χ4n) is 3.25. The molecule has 1 atom stereocenters. The van der Waals surface area contributed by atoms with Crippen LogP contribution in [0, 0.1) is 11.6 Å². The van der Waals surface area contributed by atoms with Crippen LogP contribution in [-0.4, -0.2) is 34.2 Å². The fourth-order valence-corrected chi connectivity index (χ4v) is 3.25. The lowest BCUT2D eigenvalue weighted by atomic mass is 9.98. The van der Waals surface area contributed by atoms with E-state index in [4.69, 9.17) is 4.52 Å². The van der Waals surface area contributed by atoms with E-state index in [0.29, 0.717) is 24.8 Å². The van der Waals surface area contributed by atoms with Crippen molar-refractivity contribution < 1.29 is 18.1 Å². The first-order valence-corrected chi connectivity index (χ1v) is 9.00. The molecule has 2 amide bonds. The molecule has 3 aromatic rings. The van der Waals surface area contributed by atoms with Crippen molar-refractivity contribution in [2.45, 2.75) is 18.8 Å². The van der Waals surface area contributed by atoms with Gasteiger partial charge in [-0.15, -0.1) is 0 Å². The van der Waals surface area contributed by atoms with Gasteiger partial charge in [0.1, 0.15) is 11.6 Å². The Labute approximate surface area is 160 Å². The average Bonchev–Trinajstić information content (AvgIpc) is 3.21. The zero-order valence-corrected chi connectivity index (χ0v) is 14.9. The molecule has 0 aliphatic carbocycles. The minimum atomic E-state index is -0.814. The minimum Gasteiger partial charge on any atom is -0.339 e. The number of likely N-dealkylation sites (tertiary alicyclic amines) is 1. The molecule has 4 rings (SSSR count). The number of anilines is 1. The zero-order chi connectivity index (χ0) is 19.5. The summed E-state index contributed by atoms with van der Waals surface area (Å²) < 4.78 is 32.2. The van der Waals surface area contributed by atoms with E-state index >= 15 is 0 Å². The van der Waals surface area contributed by atoms with Crippen molar-refractivity contribution in [3.63, 3.8) is 0 Å². The second-order valence-corrected chi connectivity index (χ2v) is 6.66. The number of halogens is 2. The van der Waals surface area contributed by atoms with Gasteiger partial charge in [0.2, 0.25) is 11.7 Å². The number of carbonyl (C=O) groups is 1. The summed E-state index contributed by atoms with van der Waals surface area (Å²) in [6, 6.07) is 12.1. The molecule has 1 aliphatic rings. The van der Waals surface area contributed by atoms with Crippen LogP contribution in [0.4, 0.5) is 19.3 Å². The number of benzene rings is 2. The van der Waals surface area contributed by atoms with Crippen LogP contribution in [0.25, 0.3) is 11.4 Å². The van der Waals surface area contributed by atoms with Gasteiger partial charge in [-0.25, -0.2) is 13.6 Å². The largest absolute Gasteiger partial charge is 0.339 e. The molecule has 1 fully saturated rings. The summed E-state index contributed by atoms with van der Waals surface area (Å²) in [6.07, 6.45) is 1.57. The van der Waals surface area contributed by atoms with Gasteiger partial charge in [0, 0.05) is 24.7 Å². The van der Waals surface area contributed by atoms with Crippen molar-refractivity contribution in [3.05, 3.63) is 66.1 Å². The van der Waals surface area contributed by atoms with E-state index in [2.05, 4.69) is 15.5 Å². The lowest BCUT2D eigenvalue weighted by Crippen LogP contribution is -2.41. The van der Waals surface area contributed by atoms with E-state index in [9.17, 15) is 13.6 Å². The molecule has 0 bridgehead atoms. The highest BCUT2D eigenvalue weighted by Crippen LogP contribution is 2.28. The number of piperidine rings is 1. The average molecular weight is 384 g/mol. The van der Waals surface area contributed by atoms with Crippen LogP contribution in [-0.2, 0) is 0 Å². The maximum atomic E-state index is 13.8. The smallest absolute Gasteiger partial charge is 0.321 e. The molecule has 144 valence electrons. The second-order valence-electron chi connectivity index (χ2n) is 6.66. The van der Waals surface area contributed by atoms with Gasteiger partial charge in [-0.3, -0.25) is 0 Å². The third kappa shape index (κ3) is 3.85. The zero-order valence-electron chi connectivity index (χ0n) is 14.9. The molecule has 1 N–H and O–H groups in total. The Bertz CT molecular complexity index is 977. The second kappa shape index (κ2) is 7.75. The van der Waals surface area contributed by atoms with Crippen LogP contribution in [0.3, 0.4) is 0 Å². The number of hydrogen-bond donors (Lipinski definition) is 1. The van der Waals surface area contributed by atoms with Crippen LogP contribution < -0.4 is 5.32 Å². The molecule has 6 nitrogen and oxygen atoms in total. The molecular formula is C20H18F2N4O2. The van der Waals surface area contributed by atoms with E-state index < -0.39 is 17.7 Å². The van der Waals surface area contributed by atoms with Gasteiger partial charge in [-0.1, -0.05) is 35.5 Å². The highest BCUT2D eigenvalue weighted by molar-refractivity contribution is 5.89. The molecule has 0 radical (unpaired) electrons. The number of carbonyl (C=O) groups excluding carboxylic acids is 1. The Hall–Kier alpha value is -3.29. The summed E-state index contributed by atoms with van der Waals surface area (Å²) >= 11 is 0. The van der Waals surface area contributed by atoms with Gasteiger partial charge < -0.3 is 14.7 Å². The highest BCUT2D eigenvalue weighted by Gasteiger charge is 2.29. The van der Waals surface area contributed by atoms with Gasteiger partial charge in [-0.05, 0) is 25.0 Å². The third-order valence-electron chi connectivity index (χ3n) is 4.70. The van der Waals surface area contributed by atoms with Crippen LogP contribution in [0.15, 0.2) is 53.1 Å². The number of hydrogen-bond acceptors (Lipinski definition) is 4. The number of amides is 2. The molecule has 1 saturated heterocycles. The molecule has 2 aromatic carbocycles. The predicted molar refractivity (Wildman–Crippen MR) is 98.7 cm³/mol. The maximum absolute atomic E-state index is 13.8. The van der Waals surface area contributed by atoms with E-state index in [0.717, 1.165) is 30.5 Å². The molecule has 1 aliphatic heterocycles. The standard InChI is InChI=1S/C20H18F2N4O2/c21-15-8-9-17(16(22)11-15)23-20(27)26-10-4-7-14(12-26)19-24-18(25-28-19)13-5-2-1-3-6-13/h1-3,5-6,8-9,11,14H,4,7,10,12H2,(H,23,27). The number of nitrogens with one attached hydrogen (secondary N) is 1. The van der Waals surface area contributed by atoms with E-state index in [-0.39, 0.29) is 11.6 Å². The van der Waals surface area contributed by atoms with Crippen LogP contribution in [0.5, 0.6) is 0 Å². The van der Waals surface area contributed by atoms with E-state index in [1.807, 2.05) is 30.3 Å². The van der Waals surface area contributed by atoms with Gasteiger partial charge >= 0.3 is 6.03 Å². The summed E-state index contributed by atoms with van der Waals surface area (Å²) in [5.41, 5.74) is 0.798. The Kier molecular flexibility index (Phi) is 5.01. The number of urea groups is 1. The molecule has 28 heavy (non-hydrogen) atoms. The minimum absolute atomic E-state index is 0.0577. The molecule has 1 unspecified atom stereocenters. The summed E-state index contributed by atoms with van der Waals surface area (Å²) in [5.74, 6) is -0.622.